The minimum absolute atomic E-state index is 0.794. The summed E-state index contributed by atoms with van der Waals surface area (Å²) in [7, 11) is 0. The zero-order valence-electron chi connectivity index (χ0n) is 29.2. The largest absolute Gasteiger partial charge is 0.127 e. The molecular weight excluding hydrogens is 1150 g/mol. The zero-order valence-corrected chi connectivity index (χ0v) is 42.9. The van der Waals surface area contributed by atoms with Crippen molar-refractivity contribution in [1.29, 1.82) is 0 Å². The fourth-order valence-electron chi connectivity index (χ4n) is 3.77. The van der Waals surface area contributed by atoms with Gasteiger partial charge < -0.3 is 0 Å². The lowest BCUT2D eigenvalue weighted by Gasteiger charge is -1.96. The third kappa shape index (κ3) is 86.9. The molecule has 0 atom stereocenters. The van der Waals surface area contributed by atoms with Crippen LogP contribution in [0.2, 0.25) is 0 Å². The maximum Gasteiger partial charge on any atom is 0.0223 e. The molecule has 0 saturated carbocycles. The highest BCUT2D eigenvalue weighted by Gasteiger charge is 1.90. The van der Waals surface area contributed by atoms with Crippen molar-refractivity contribution in [1.82, 2.24) is 0 Å². The van der Waals surface area contributed by atoms with Gasteiger partial charge in [-0.3, -0.25) is 0 Å². The first kappa shape index (κ1) is 59.8. The summed E-state index contributed by atoms with van der Waals surface area (Å²) in [5, 5.41) is 4.67. The molecule has 286 valence electrons. The van der Waals surface area contributed by atoms with E-state index in [4.69, 9.17) is 46.4 Å². The molecule has 0 amide bonds. The van der Waals surface area contributed by atoms with E-state index in [0.29, 0.717) is 0 Å². The van der Waals surface area contributed by atoms with E-state index in [1.54, 1.807) is 0 Å². The number of alkyl halides is 10. The van der Waals surface area contributed by atoms with Gasteiger partial charge in [0.25, 0.3) is 0 Å². The second kappa shape index (κ2) is 71.0. The van der Waals surface area contributed by atoms with E-state index >= 15 is 0 Å². The Labute approximate surface area is 371 Å². The van der Waals surface area contributed by atoms with Gasteiger partial charge in [0, 0.05) is 44.8 Å². The highest BCUT2D eigenvalue weighted by Crippen LogP contribution is 2.09. The van der Waals surface area contributed by atoms with Crippen LogP contribution in [0.5, 0.6) is 0 Å². The van der Waals surface area contributed by atoms with Crippen molar-refractivity contribution >= 4 is 155 Å². The summed E-state index contributed by atoms with van der Waals surface area (Å²) in [6.07, 6.45) is 34.6. The summed E-state index contributed by atoms with van der Waals surface area (Å²) in [4.78, 5) is 0. The summed E-state index contributed by atoms with van der Waals surface area (Å²) < 4.78 is 2.67. The van der Waals surface area contributed by atoms with Crippen LogP contribution in [0.25, 0.3) is 0 Å². The molecule has 0 N–H and O–H groups in total. The van der Waals surface area contributed by atoms with Gasteiger partial charge in [0.1, 0.15) is 0 Å². The fourth-order valence-corrected chi connectivity index (χ4v) is 7.19. The van der Waals surface area contributed by atoms with Crippen molar-refractivity contribution in [3.8, 4) is 0 Å². The maximum absolute atomic E-state index is 5.52. The second-order valence-electron chi connectivity index (χ2n) is 11.1. The Morgan fingerprint density at radius 2 is 0.391 bits per heavy atom. The quantitative estimate of drug-likeness (QED) is 0.0369. The topological polar surface area (TPSA) is 0 Å². The smallest absolute Gasteiger partial charge is 0.0223 e. The lowest BCUT2D eigenvalue weighted by atomic mass is 10.1. The van der Waals surface area contributed by atoms with Gasteiger partial charge in [-0.05, 0) is 73.1 Å². The van der Waals surface area contributed by atoms with Gasteiger partial charge in [-0.1, -0.05) is 212 Å². The Hall–Kier alpha value is 4.54. The number of unbranched alkanes of at least 4 members (excludes halogenated alkanes) is 21. The van der Waals surface area contributed by atoms with E-state index in [-0.39, 0.29) is 0 Å². The first-order chi connectivity index (χ1) is 22.6. The van der Waals surface area contributed by atoms with Crippen molar-refractivity contribution in [3.63, 3.8) is 0 Å². The molecule has 0 aliphatic carbocycles. The molecule has 0 heterocycles. The minimum Gasteiger partial charge on any atom is -0.127 e. The van der Waals surface area contributed by atoms with Gasteiger partial charge in [-0.25, -0.2) is 0 Å². The molecule has 0 aromatic carbocycles. The summed E-state index contributed by atoms with van der Waals surface area (Å²) in [6, 6.07) is 0. The van der Waals surface area contributed by atoms with Gasteiger partial charge in [-0.15, -0.1) is 46.4 Å². The van der Waals surface area contributed by atoms with Gasteiger partial charge in [0.05, 0.1) is 0 Å². The number of hydrogen-bond donors (Lipinski definition) is 0. The zero-order chi connectivity index (χ0) is 35.5. The van der Waals surface area contributed by atoms with Crippen LogP contribution in [0.4, 0.5) is 0 Å². The number of halogens is 10. The van der Waals surface area contributed by atoms with Crippen LogP contribution < -0.4 is 0 Å². The average Bonchev–Trinajstić information content (AvgIpc) is 3.08. The first-order valence-corrected chi connectivity index (χ1v) is 27.8. The molecule has 0 fully saturated rings. The highest BCUT2D eigenvalue weighted by molar-refractivity contribution is 14.1. The third-order valence-electron chi connectivity index (χ3n) is 6.59. The normalized spacial score (nSPS) is 10.0. The van der Waals surface area contributed by atoms with Crippen molar-refractivity contribution < 1.29 is 0 Å². The molecule has 10 heteroatoms. The summed E-state index contributed by atoms with van der Waals surface area (Å²) in [5.41, 5.74) is 0. The SMILES string of the molecule is BrCCCCCCBr.BrCCCCCCCCBr.ClCCCCCCCCCl.ClCCCCCCCl.ICCCCCCCCI. The molecule has 0 aromatic rings. The Kier molecular flexibility index (Phi) is 92.3. The van der Waals surface area contributed by atoms with Gasteiger partial charge >= 0.3 is 0 Å². The summed E-state index contributed by atoms with van der Waals surface area (Å²) in [6.45, 7) is 0. The molecule has 0 aliphatic heterocycles. The Balaban J connectivity index is -0.000000153. The number of hydrogen-bond acceptors (Lipinski definition) is 0. The molecule has 46 heavy (non-hydrogen) atoms. The van der Waals surface area contributed by atoms with Gasteiger partial charge in [-0.2, -0.15) is 0 Å². The third-order valence-corrected chi connectivity index (χ3v) is 11.4. The van der Waals surface area contributed by atoms with Crippen molar-refractivity contribution in [2.45, 2.75) is 167 Å². The summed E-state index contributed by atoms with van der Waals surface area (Å²) in [5.74, 6) is 3.22. The van der Waals surface area contributed by atoms with E-state index in [1.165, 1.54) is 174 Å². The monoisotopic (exact) mass is 1210 g/mol. The van der Waals surface area contributed by atoms with Crippen LogP contribution in [-0.2, 0) is 0 Å². The highest BCUT2D eigenvalue weighted by atomic mass is 127. The molecule has 0 spiro atoms. The predicted octanol–water partition coefficient (Wildman–Crippen LogP) is 18.5. The molecule has 0 rings (SSSR count). The van der Waals surface area contributed by atoms with Crippen LogP contribution >= 0.6 is 155 Å². The van der Waals surface area contributed by atoms with Crippen LogP contribution in [0, 0.1) is 0 Å². The molecule has 0 unspecified atom stereocenters. The predicted molar refractivity (Wildman–Crippen MR) is 256 cm³/mol. The van der Waals surface area contributed by atoms with E-state index in [2.05, 4.69) is 109 Å². The molecule has 0 saturated heterocycles. The van der Waals surface area contributed by atoms with Crippen molar-refractivity contribution in [2.24, 2.45) is 0 Å². The average molecular weight is 1220 g/mol. The second-order valence-corrected chi connectivity index (χ2v) is 17.9. The van der Waals surface area contributed by atoms with Gasteiger partial charge in [0.15, 0.2) is 0 Å². The standard InChI is InChI=1S/C8H16Br2.C8H16Cl2.C8H16I2.C6H12Br2.C6H12Cl2/c3*9-7-5-3-1-2-4-6-8-10;2*7-5-3-1-2-4-6-8/h3*1-8H2;2*1-6H2. The van der Waals surface area contributed by atoms with Gasteiger partial charge in [0.2, 0.25) is 0 Å². The van der Waals surface area contributed by atoms with Crippen LogP contribution in [-0.4, -0.2) is 53.7 Å². The minimum atomic E-state index is 0.794. The lowest BCUT2D eigenvalue weighted by Crippen LogP contribution is -1.80. The fraction of sp³-hybridized carbons (Fsp3) is 1.00. The molecule has 0 nitrogen and oxygen atoms in total. The van der Waals surface area contributed by atoms with Crippen molar-refractivity contribution in [3.05, 3.63) is 0 Å². The van der Waals surface area contributed by atoms with Crippen LogP contribution in [0.1, 0.15) is 167 Å². The molecule has 0 aromatic heterocycles. The van der Waals surface area contributed by atoms with Crippen LogP contribution in [0.15, 0.2) is 0 Å². The van der Waals surface area contributed by atoms with E-state index in [1.807, 2.05) is 0 Å². The first-order valence-electron chi connectivity index (χ1n) is 18.2. The van der Waals surface area contributed by atoms with E-state index < -0.39 is 0 Å². The maximum atomic E-state index is 5.52. The molecule has 0 radical (unpaired) electrons. The lowest BCUT2D eigenvalue weighted by molar-refractivity contribution is 0.627. The number of rotatable bonds is 31. The Bertz CT molecular complexity index is 336. The Morgan fingerprint density at radius 1 is 0.239 bits per heavy atom. The summed E-state index contributed by atoms with van der Waals surface area (Å²) >= 11 is 40.5. The van der Waals surface area contributed by atoms with Crippen molar-refractivity contribution in [2.75, 3.05) is 53.7 Å². The van der Waals surface area contributed by atoms with E-state index in [0.717, 1.165) is 47.0 Å². The molecular formula is C36H72Br4Cl4I2. The van der Waals surface area contributed by atoms with E-state index in [9.17, 15) is 0 Å². The van der Waals surface area contributed by atoms with Crippen LogP contribution in [0.3, 0.4) is 0 Å². The molecule has 0 aliphatic rings. The Morgan fingerprint density at radius 3 is 0.543 bits per heavy atom. The molecule has 0 bridgehead atoms.